The van der Waals surface area contributed by atoms with Crippen molar-refractivity contribution < 1.29 is 0 Å². The largest absolute Gasteiger partial charge is 0.330 e. The van der Waals surface area contributed by atoms with Crippen molar-refractivity contribution >= 4 is 32.6 Å². The zero-order chi connectivity index (χ0) is 18.4. The highest BCUT2D eigenvalue weighted by molar-refractivity contribution is 7.23. The van der Waals surface area contributed by atoms with Crippen molar-refractivity contribution in [1.82, 2.24) is 29.6 Å². The number of hydrogen-bond donors (Lipinski definition) is 1. The average molecular weight is 381 g/mol. The van der Waals surface area contributed by atoms with Crippen molar-refractivity contribution in [3.8, 4) is 10.6 Å². The summed E-state index contributed by atoms with van der Waals surface area (Å²) < 4.78 is 3.48. The predicted molar refractivity (Wildman–Crippen MR) is 110 cm³/mol. The van der Waals surface area contributed by atoms with E-state index in [9.17, 15) is 0 Å². The van der Waals surface area contributed by atoms with Crippen molar-refractivity contribution in [3.05, 3.63) is 29.8 Å². The van der Waals surface area contributed by atoms with E-state index in [2.05, 4.69) is 39.7 Å². The first-order valence-electron chi connectivity index (χ1n) is 9.68. The fraction of sp³-hybridized carbons (Fsp3) is 0.450. The number of H-pyrrole nitrogens is 1. The van der Waals surface area contributed by atoms with E-state index in [1.807, 2.05) is 12.3 Å². The zero-order valence-electron chi connectivity index (χ0n) is 15.8. The maximum absolute atomic E-state index is 4.96. The van der Waals surface area contributed by atoms with Crippen LogP contribution in [0.2, 0.25) is 0 Å². The molecule has 0 spiro atoms. The lowest BCUT2D eigenvalue weighted by Gasteiger charge is -2.13. The van der Waals surface area contributed by atoms with Gasteiger partial charge in [-0.05, 0) is 58.0 Å². The number of aryl methyl sites for hydroxylation is 3. The Labute approximate surface area is 162 Å². The Morgan fingerprint density at radius 2 is 2.07 bits per heavy atom. The van der Waals surface area contributed by atoms with E-state index in [1.54, 1.807) is 11.3 Å². The third kappa shape index (κ3) is 2.95. The molecule has 5 heterocycles. The third-order valence-corrected chi connectivity index (χ3v) is 6.73. The Hall–Kier alpha value is -2.25. The zero-order valence-corrected chi connectivity index (χ0v) is 16.6. The summed E-state index contributed by atoms with van der Waals surface area (Å²) in [6.45, 7) is 5.77. The molecule has 7 heteroatoms. The molecule has 6 nitrogen and oxygen atoms in total. The van der Waals surface area contributed by atoms with Gasteiger partial charge in [-0.15, -0.1) is 11.3 Å². The van der Waals surface area contributed by atoms with Gasteiger partial charge in [-0.2, -0.15) is 5.10 Å². The normalized spacial score (nSPS) is 15.5. The fourth-order valence-electron chi connectivity index (χ4n) is 4.14. The van der Waals surface area contributed by atoms with Gasteiger partial charge in [0.1, 0.15) is 17.0 Å². The summed E-state index contributed by atoms with van der Waals surface area (Å²) in [6.07, 6.45) is 6.74. The average Bonchev–Trinajstić information content (AvgIpc) is 3.41. The van der Waals surface area contributed by atoms with Crippen molar-refractivity contribution in [3.63, 3.8) is 0 Å². The van der Waals surface area contributed by atoms with Gasteiger partial charge in [0.05, 0.1) is 26.3 Å². The van der Waals surface area contributed by atoms with Gasteiger partial charge in [-0.25, -0.2) is 9.97 Å². The fourth-order valence-corrected chi connectivity index (χ4v) is 5.29. The molecular formula is C20H24N6S. The highest BCUT2D eigenvalue weighted by atomic mass is 32.1. The van der Waals surface area contributed by atoms with Crippen molar-refractivity contribution in [2.75, 3.05) is 19.6 Å². The van der Waals surface area contributed by atoms with Crippen LogP contribution < -0.4 is 0 Å². The number of thiophene rings is 1. The van der Waals surface area contributed by atoms with Crippen LogP contribution in [0.5, 0.6) is 0 Å². The van der Waals surface area contributed by atoms with Crippen LogP contribution in [-0.2, 0) is 13.5 Å². The Kier molecular flexibility index (Phi) is 4.21. The Bertz CT molecular complexity index is 1090. The van der Waals surface area contributed by atoms with Crippen LogP contribution in [0.15, 0.2) is 18.3 Å². The standard InChI is InChI=1S/C20H24N6S/c1-13-18-19(20-15(22-13)12-16(27-20)14-7-8-21-24-14)25(2)17(23-18)6-5-11-26-9-3-4-10-26/h7-8,12H,3-6,9-11H2,1-2H3,(H,21,24). The van der Waals surface area contributed by atoms with Crippen LogP contribution in [0.3, 0.4) is 0 Å². The van der Waals surface area contributed by atoms with Crippen LogP contribution in [0, 0.1) is 6.92 Å². The molecule has 0 radical (unpaired) electrons. The lowest BCUT2D eigenvalue weighted by Crippen LogP contribution is -2.21. The number of rotatable bonds is 5. The van der Waals surface area contributed by atoms with Gasteiger partial charge in [-0.1, -0.05) is 0 Å². The van der Waals surface area contributed by atoms with Gasteiger partial charge < -0.3 is 9.47 Å². The number of nitrogens with one attached hydrogen (secondary N) is 1. The molecule has 4 aromatic heterocycles. The summed E-state index contributed by atoms with van der Waals surface area (Å²) in [5, 5.41) is 7.22. The van der Waals surface area contributed by atoms with Crippen LogP contribution in [-0.4, -0.2) is 49.3 Å². The second-order valence-electron chi connectivity index (χ2n) is 7.42. The Morgan fingerprint density at radius 1 is 1.22 bits per heavy atom. The predicted octanol–water partition coefficient (Wildman–Crippen LogP) is 3.91. The molecule has 140 valence electrons. The maximum Gasteiger partial charge on any atom is 0.111 e. The van der Waals surface area contributed by atoms with E-state index in [0.29, 0.717) is 0 Å². The van der Waals surface area contributed by atoms with Gasteiger partial charge in [0.25, 0.3) is 0 Å². The van der Waals surface area contributed by atoms with Crippen LogP contribution >= 0.6 is 11.3 Å². The first-order valence-corrected chi connectivity index (χ1v) is 10.5. The van der Waals surface area contributed by atoms with Gasteiger partial charge in [0.2, 0.25) is 0 Å². The lowest BCUT2D eigenvalue weighted by atomic mass is 10.2. The molecule has 5 rings (SSSR count). The molecule has 1 aliphatic heterocycles. The van der Waals surface area contributed by atoms with Crippen LogP contribution in [0.25, 0.3) is 31.8 Å². The molecule has 0 amide bonds. The summed E-state index contributed by atoms with van der Waals surface area (Å²) in [4.78, 5) is 13.5. The van der Waals surface area contributed by atoms with E-state index in [1.165, 1.54) is 42.7 Å². The highest BCUT2D eigenvalue weighted by Crippen LogP contribution is 2.37. The molecule has 0 aliphatic carbocycles. The smallest absolute Gasteiger partial charge is 0.111 e. The lowest BCUT2D eigenvalue weighted by molar-refractivity contribution is 0.332. The molecule has 0 aromatic carbocycles. The molecule has 4 aromatic rings. The molecule has 27 heavy (non-hydrogen) atoms. The van der Waals surface area contributed by atoms with E-state index in [4.69, 9.17) is 9.97 Å². The second kappa shape index (κ2) is 6.73. The SMILES string of the molecule is Cc1nc2cc(-c3cc[nH]n3)sc2c2c1nc(CCCN1CCCC1)n2C. The number of nitrogens with zero attached hydrogens (tertiary/aromatic N) is 5. The minimum atomic E-state index is 0.969. The molecule has 1 aliphatic rings. The molecule has 0 bridgehead atoms. The first kappa shape index (κ1) is 16.9. The van der Waals surface area contributed by atoms with Gasteiger partial charge in [0.15, 0.2) is 0 Å². The molecule has 0 saturated carbocycles. The monoisotopic (exact) mass is 380 g/mol. The number of aromatic nitrogens is 5. The first-order chi connectivity index (χ1) is 13.2. The minimum absolute atomic E-state index is 0.969. The molecule has 1 fully saturated rings. The van der Waals surface area contributed by atoms with Crippen LogP contribution in [0.4, 0.5) is 0 Å². The third-order valence-electron chi connectivity index (χ3n) is 5.57. The number of likely N-dealkylation sites (tertiary alicyclic amines) is 1. The number of hydrogen-bond acceptors (Lipinski definition) is 5. The van der Waals surface area contributed by atoms with E-state index in [-0.39, 0.29) is 0 Å². The number of imidazole rings is 1. The summed E-state index contributed by atoms with van der Waals surface area (Å²) in [5.41, 5.74) is 5.26. The summed E-state index contributed by atoms with van der Waals surface area (Å²) in [7, 11) is 2.15. The van der Waals surface area contributed by atoms with E-state index < -0.39 is 0 Å². The molecule has 1 N–H and O–H groups in total. The number of aromatic amines is 1. The Balaban J connectivity index is 1.51. The topological polar surface area (TPSA) is 62.6 Å². The van der Waals surface area contributed by atoms with Crippen molar-refractivity contribution in [2.45, 2.75) is 32.6 Å². The van der Waals surface area contributed by atoms with Gasteiger partial charge in [0, 0.05) is 19.7 Å². The molecule has 0 atom stereocenters. The second-order valence-corrected chi connectivity index (χ2v) is 8.47. The Morgan fingerprint density at radius 3 is 2.85 bits per heavy atom. The number of pyridine rings is 1. The molecule has 0 unspecified atom stereocenters. The maximum atomic E-state index is 4.96. The highest BCUT2D eigenvalue weighted by Gasteiger charge is 2.18. The van der Waals surface area contributed by atoms with E-state index >= 15 is 0 Å². The van der Waals surface area contributed by atoms with E-state index in [0.717, 1.165) is 46.0 Å². The minimum Gasteiger partial charge on any atom is -0.330 e. The quantitative estimate of drug-likeness (QED) is 0.570. The van der Waals surface area contributed by atoms with Crippen LogP contribution in [0.1, 0.15) is 30.8 Å². The molecule has 1 saturated heterocycles. The molecular weight excluding hydrogens is 356 g/mol. The number of fused-ring (bicyclic) bond motifs is 3. The van der Waals surface area contributed by atoms with Crippen molar-refractivity contribution in [2.24, 2.45) is 7.05 Å². The van der Waals surface area contributed by atoms with Gasteiger partial charge in [-0.3, -0.25) is 5.10 Å². The summed E-state index contributed by atoms with van der Waals surface area (Å²) in [5.74, 6) is 1.16. The van der Waals surface area contributed by atoms with Crippen molar-refractivity contribution in [1.29, 1.82) is 0 Å². The summed E-state index contributed by atoms with van der Waals surface area (Å²) >= 11 is 1.75. The van der Waals surface area contributed by atoms with Gasteiger partial charge >= 0.3 is 0 Å². The summed E-state index contributed by atoms with van der Waals surface area (Å²) in [6, 6.07) is 4.14.